The minimum Gasteiger partial charge on any atom is -0.481 e. The molecule has 2 aromatic carbocycles. The summed E-state index contributed by atoms with van der Waals surface area (Å²) in [5, 5.41) is 0. The van der Waals surface area contributed by atoms with E-state index in [2.05, 4.69) is 4.74 Å². The third-order valence-corrected chi connectivity index (χ3v) is 4.89. The van der Waals surface area contributed by atoms with Crippen molar-refractivity contribution in [1.29, 1.82) is 0 Å². The number of benzene rings is 2. The van der Waals surface area contributed by atoms with Gasteiger partial charge in [-0.25, -0.2) is 4.79 Å². The monoisotopic (exact) mass is 385 g/mol. The first-order chi connectivity index (χ1) is 12.6. The van der Waals surface area contributed by atoms with E-state index in [1.165, 1.54) is 23.8 Å². The standard InChI is InChI=1S/C19H15NO4S2/c1-23-17(21)12-24-15-10-6-5-7-13(15)11-16-18(22)20(19(25)26-16)14-8-3-2-4-9-14/h2-11H,12H2,1H3. The summed E-state index contributed by atoms with van der Waals surface area (Å²) < 4.78 is 10.5. The fourth-order valence-electron chi connectivity index (χ4n) is 2.34. The molecule has 26 heavy (non-hydrogen) atoms. The molecule has 1 amide bonds. The maximum atomic E-state index is 12.8. The molecule has 0 aliphatic carbocycles. The maximum Gasteiger partial charge on any atom is 0.343 e. The Balaban J connectivity index is 1.86. The van der Waals surface area contributed by atoms with Crippen LogP contribution in [0.4, 0.5) is 5.69 Å². The minimum absolute atomic E-state index is 0.186. The molecule has 1 fully saturated rings. The van der Waals surface area contributed by atoms with Gasteiger partial charge < -0.3 is 9.47 Å². The van der Waals surface area contributed by atoms with Crippen molar-refractivity contribution in [3.63, 3.8) is 0 Å². The number of hydrogen-bond acceptors (Lipinski definition) is 6. The summed E-state index contributed by atoms with van der Waals surface area (Å²) in [6, 6.07) is 16.4. The van der Waals surface area contributed by atoms with Gasteiger partial charge in [-0.3, -0.25) is 9.69 Å². The average Bonchev–Trinajstić information content (AvgIpc) is 2.94. The molecule has 0 atom stereocenters. The van der Waals surface area contributed by atoms with Crippen LogP contribution in [-0.4, -0.2) is 29.9 Å². The zero-order valence-electron chi connectivity index (χ0n) is 13.9. The number of carbonyl (C=O) groups excluding carboxylic acids is 2. The Morgan fingerprint density at radius 1 is 1.15 bits per heavy atom. The molecule has 5 nitrogen and oxygen atoms in total. The van der Waals surface area contributed by atoms with Crippen molar-refractivity contribution in [2.75, 3.05) is 18.6 Å². The van der Waals surface area contributed by atoms with Crippen LogP contribution in [0.1, 0.15) is 5.56 Å². The summed E-state index contributed by atoms with van der Waals surface area (Å²) >= 11 is 6.59. The van der Waals surface area contributed by atoms with Crippen LogP contribution in [0.5, 0.6) is 5.75 Å². The first-order valence-electron chi connectivity index (χ1n) is 7.72. The molecule has 3 rings (SSSR count). The van der Waals surface area contributed by atoms with Crippen molar-refractivity contribution in [1.82, 2.24) is 0 Å². The summed E-state index contributed by atoms with van der Waals surface area (Å²) in [5.41, 5.74) is 1.42. The zero-order valence-corrected chi connectivity index (χ0v) is 15.5. The number of amides is 1. The molecule has 0 spiro atoms. The van der Waals surface area contributed by atoms with Gasteiger partial charge in [0, 0.05) is 5.56 Å². The molecule has 132 valence electrons. The highest BCUT2D eigenvalue weighted by Crippen LogP contribution is 2.36. The van der Waals surface area contributed by atoms with Gasteiger partial charge in [-0.1, -0.05) is 60.4 Å². The second kappa shape index (κ2) is 8.16. The number of methoxy groups -OCH3 is 1. The molecule has 0 aromatic heterocycles. The van der Waals surface area contributed by atoms with Crippen molar-refractivity contribution in [3.8, 4) is 5.75 Å². The van der Waals surface area contributed by atoms with E-state index in [1.807, 2.05) is 42.5 Å². The molecular weight excluding hydrogens is 370 g/mol. The van der Waals surface area contributed by atoms with E-state index in [0.29, 0.717) is 20.5 Å². The molecule has 0 N–H and O–H groups in total. The lowest BCUT2D eigenvalue weighted by atomic mass is 10.2. The number of nitrogens with zero attached hydrogens (tertiary/aromatic N) is 1. The van der Waals surface area contributed by atoms with E-state index in [1.54, 1.807) is 18.2 Å². The SMILES string of the molecule is COC(=O)COc1ccccc1C=C1SC(=S)N(c2ccccc2)C1=O. The predicted molar refractivity (Wildman–Crippen MR) is 106 cm³/mol. The van der Waals surface area contributed by atoms with Gasteiger partial charge in [-0.15, -0.1) is 0 Å². The molecule has 1 aliphatic heterocycles. The number of ether oxygens (including phenoxy) is 2. The highest BCUT2D eigenvalue weighted by Gasteiger charge is 2.33. The van der Waals surface area contributed by atoms with Gasteiger partial charge >= 0.3 is 5.97 Å². The van der Waals surface area contributed by atoms with E-state index in [0.717, 1.165) is 5.69 Å². The van der Waals surface area contributed by atoms with Gasteiger partial charge in [-0.05, 0) is 24.3 Å². The molecule has 1 saturated heterocycles. The molecule has 0 unspecified atom stereocenters. The summed E-state index contributed by atoms with van der Waals surface area (Å²) in [5.74, 6) is -0.174. The van der Waals surface area contributed by atoms with Crippen LogP contribution < -0.4 is 9.64 Å². The second-order valence-electron chi connectivity index (χ2n) is 5.26. The van der Waals surface area contributed by atoms with Gasteiger partial charge in [0.2, 0.25) is 0 Å². The number of para-hydroxylation sites is 2. The van der Waals surface area contributed by atoms with Gasteiger partial charge in [0.1, 0.15) is 5.75 Å². The lowest BCUT2D eigenvalue weighted by Crippen LogP contribution is -2.27. The second-order valence-corrected chi connectivity index (χ2v) is 6.93. The van der Waals surface area contributed by atoms with E-state index < -0.39 is 5.97 Å². The predicted octanol–water partition coefficient (Wildman–Crippen LogP) is 3.64. The summed E-state index contributed by atoms with van der Waals surface area (Å²) in [6.07, 6.45) is 1.72. The van der Waals surface area contributed by atoms with Crippen molar-refractivity contribution in [3.05, 3.63) is 65.1 Å². The summed E-state index contributed by atoms with van der Waals surface area (Å²) in [4.78, 5) is 26.1. The first-order valence-corrected chi connectivity index (χ1v) is 8.94. The molecule has 1 heterocycles. The Kier molecular flexibility index (Phi) is 5.70. The smallest absolute Gasteiger partial charge is 0.343 e. The third-order valence-electron chi connectivity index (χ3n) is 3.59. The lowest BCUT2D eigenvalue weighted by Gasteiger charge is -2.13. The molecule has 0 radical (unpaired) electrons. The summed E-state index contributed by atoms with van der Waals surface area (Å²) in [6.45, 7) is -0.202. The Labute approximate surface area is 160 Å². The number of thioether (sulfide) groups is 1. The number of rotatable bonds is 5. The number of anilines is 1. The fraction of sp³-hybridized carbons (Fsp3) is 0.105. The molecular formula is C19H15NO4S2. The van der Waals surface area contributed by atoms with Gasteiger partial charge in [0.05, 0.1) is 17.7 Å². The molecule has 0 bridgehead atoms. The Morgan fingerprint density at radius 3 is 2.58 bits per heavy atom. The number of carbonyl (C=O) groups is 2. The van der Waals surface area contributed by atoms with Gasteiger partial charge in [0.15, 0.2) is 10.9 Å². The Bertz CT molecular complexity index is 880. The van der Waals surface area contributed by atoms with Crippen LogP contribution in [0.25, 0.3) is 6.08 Å². The highest BCUT2D eigenvalue weighted by molar-refractivity contribution is 8.27. The first kappa shape index (κ1) is 18.2. The van der Waals surface area contributed by atoms with Crippen LogP contribution in [0.3, 0.4) is 0 Å². The zero-order chi connectivity index (χ0) is 18.5. The number of esters is 1. The Hall–Kier alpha value is -2.64. The van der Waals surface area contributed by atoms with E-state index in [4.69, 9.17) is 17.0 Å². The van der Waals surface area contributed by atoms with Gasteiger partial charge in [0.25, 0.3) is 5.91 Å². The van der Waals surface area contributed by atoms with Crippen LogP contribution in [0.2, 0.25) is 0 Å². The maximum absolute atomic E-state index is 12.8. The summed E-state index contributed by atoms with van der Waals surface area (Å²) in [7, 11) is 1.30. The lowest BCUT2D eigenvalue weighted by molar-refractivity contribution is -0.142. The Morgan fingerprint density at radius 2 is 1.85 bits per heavy atom. The van der Waals surface area contributed by atoms with Crippen LogP contribution in [0, 0.1) is 0 Å². The van der Waals surface area contributed by atoms with Crippen molar-refractivity contribution < 1.29 is 19.1 Å². The van der Waals surface area contributed by atoms with E-state index in [9.17, 15) is 9.59 Å². The van der Waals surface area contributed by atoms with E-state index >= 15 is 0 Å². The average molecular weight is 385 g/mol. The third kappa shape index (κ3) is 3.95. The fourth-order valence-corrected chi connectivity index (χ4v) is 3.63. The van der Waals surface area contributed by atoms with Crippen molar-refractivity contribution >= 4 is 51.9 Å². The number of hydrogen-bond donors (Lipinski definition) is 0. The van der Waals surface area contributed by atoms with Crippen LogP contribution in [-0.2, 0) is 14.3 Å². The molecule has 2 aromatic rings. The number of thiocarbonyl (C=S) groups is 1. The quantitative estimate of drug-likeness (QED) is 0.445. The minimum atomic E-state index is -0.477. The van der Waals surface area contributed by atoms with Gasteiger partial charge in [-0.2, -0.15) is 0 Å². The molecule has 1 aliphatic rings. The van der Waals surface area contributed by atoms with Crippen molar-refractivity contribution in [2.24, 2.45) is 0 Å². The van der Waals surface area contributed by atoms with E-state index in [-0.39, 0.29) is 12.5 Å². The van der Waals surface area contributed by atoms with Crippen LogP contribution in [0.15, 0.2) is 59.5 Å². The topological polar surface area (TPSA) is 55.8 Å². The molecule has 0 saturated carbocycles. The van der Waals surface area contributed by atoms with Crippen molar-refractivity contribution in [2.45, 2.75) is 0 Å². The normalized spacial score (nSPS) is 15.4. The molecule has 7 heteroatoms. The largest absolute Gasteiger partial charge is 0.481 e. The highest BCUT2D eigenvalue weighted by atomic mass is 32.2. The van der Waals surface area contributed by atoms with Crippen LogP contribution >= 0.6 is 24.0 Å².